The molecular formula is C16H24O4. The minimum absolute atomic E-state index is 0.123. The highest BCUT2D eigenvalue weighted by atomic mass is 16.5. The normalized spacial score (nSPS) is 37.8. The fourth-order valence-corrected chi connectivity index (χ4v) is 4.72. The smallest absolute Gasteiger partial charge is 0.306 e. The summed E-state index contributed by atoms with van der Waals surface area (Å²) in [6.07, 6.45) is 6.77. The van der Waals surface area contributed by atoms with Gasteiger partial charge in [-0.3, -0.25) is 9.59 Å². The van der Waals surface area contributed by atoms with Gasteiger partial charge in [0.2, 0.25) is 0 Å². The third kappa shape index (κ3) is 2.84. The van der Waals surface area contributed by atoms with E-state index >= 15 is 0 Å². The Labute approximate surface area is 120 Å². The second kappa shape index (κ2) is 5.74. The van der Waals surface area contributed by atoms with Crippen molar-refractivity contribution in [3.8, 4) is 0 Å². The number of esters is 2. The fourth-order valence-electron chi connectivity index (χ4n) is 4.72. The van der Waals surface area contributed by atoms with E-state index in [0.29, 0.717) is 18.4 Å². The summed E-state index contributed by atoms with van der Waals surface area (Å²) in [5, 5.41) is 0. The second-order valence-electron chi connectivity index (χ2n) is 6.69. The Morgan fingerprint density at radius 1 is 0.900 bits per heavy atom. The molecule has 4 fully saturated rings. The molecule has 4 aliphatic rings. The first kappa shape index (κ1) is 13.9. The van der Waals surface area contributed by atoms with Gasteiger partial charge in [-0.2, -0.15) is 0 Å². The summed E-state index contributed by atoms with van der Waals surface area (Å²) >= 11 is 0. The van der Waals surface area contributed by atoms with Crippen molar-refractivity contribution in [2.24, 2.45) is 23.7 Å². The van der Waals surface area contributed by atoms with Gasteiger partial charge < -0.3 is 9.47 Å². The number of rotatable bonds is 5. The van der Waals surface area contributed by atoms with Crippen LogP contribution in [0.4, 0.5) is 0 Å². The molecule has 0 N–H and O–H groups in total. The van der Waals surface area contributed by atoms with Gasteiger partial charge in [0.1, 0.15) is 6.10 Å². The van der Waals surface area contributed by atoms with Crippen LogP contribution in [-0.4, -0.2) is 24.6 Å². The van der Waals surface area contributed by atoms with Crippen molar-refractivity contribution in [3.63, 3.8) is 0 Å². The summed E-state index contributed by atoms with van der Waals surface area (Å²) in [6, 6.07) is 0. The molecule has 0 aliphatic heterocycles. The maximum atomic E-state index is 11.9. The maximum Gasteiger partial charge on any atom is 0.306 e. The molecule has 4 heteroatoms. The van der Waals surface area contributed by atoms with Gasteiger partial charge in [-0.05, 0) is 62.7 Å². The zero-order valence-electron chi connectivity index (χ0n) is 12.2. The summed E-state index contributed by atoms with van der Waals surface area (Å²) in [5.74, 6) is 2.39. The average Bonchev–Trinajstić information content (AvgIpc) is 2.40. The molecule has 0 saturated heterocycles. The largest absolute Gasteiger partial charge is 0.466 e. The van der Waals surface area contributed by atoms with Crippen LogP contribution in [0.3, 0.4) is 0 Å². The highest BCUT2D eigenvalue weighted by molar-refractivity contribution is 5.77. The minimum atomic E-state index is -0.311. The molecule has 0 spiro atoms. The van der Waals surface area contributed by atoms with Gasteiger partial charge in [0.15, 0.2) is 0 Å². The zero-order valence-corrected chi connectivity index (χ0v) is 12.2. The third-order valence-corrected chi connectivity index (χ3v) is 5.25. The van der Waals surface area contributed by atoms with Gasteiger partial charge in [0.25, 0.3) is 0 Å². The predicted molar refractivity (Wildman–Crippen MR) is 72.8 cm³/mol. The van der Waals surface area contributed by atoms with Gasteiger partial charge in [-0.25, -0.2) is 0 Å². The number of carbonyl (C=O) groups is 2. The molecule has 0 amide bonds. The first-order valence-corrected chi connectivity index (χ1v) is 8.00. The van der Waals surface area contributed by atoms with E-state index < -0.39 is 0 Å². The van der Waals surface area contributed by atoms with Gasteiger partial charge in [0, 0.05) is 0 Å². The lowest BCUT2D eigenvalue weighted by Gasteiger charge is -2.53. The van der Waals surface area contributed by atoms with E-state index in [4.69, 9.17) is 9.47 Å². The van der Waals surface area contributed by atoms with Crippen molar-refractivity contribution in [2.75, 3.05) is 6.61 Å². The number of hydrogen-bond acceptors (Lipinski definition) is 4. The molecule has 0 atom stereocenters. The molecule has 0 heterocycles. The summed E-state index contributed by atoms with van der Waals surface area (Å²) in [5.41, 5.74) is 0. The van der Waals surface area contributed by atoms with Crippen LogP contribution in [0.2, 0.25) is 0 Å². The molecular weight excluding hydrogens is 256 g/mol. The Morgan fingerprint density at radius 3 is 2.00 bits per heavy atom. The molecule has 0 radical (unpaired) electrons. The third-order valence-electron chi connectivity index (χ3n) is 5.25. The molecule has 0 unspecified atom stereocenters. The van der Waals surface area contributed by atoms with Crippen LogP contribution in [0.1, 0.15) is 51.9 Å². The van der Waals surface area contributed by atoms with E-state index in [-0.39, 0.29) is 30.9 Å². The number of hydrogen-bond donors (Lipinski definition) is 0. The van der Waals surface area contributed by atoms with Crippen LogP contribution in [0.25, 0.3) is 0 Å². The van der Waals surface area contributed by atoms with Crippen molar-refractivity contribution in [1.29, 1.82) is 0 Å². The maximum absolute atomic E-state index is 11.9. The topological polar surface area (TPSA) is 52.6 Å². The Kier molecular flexibility index (Phi) is 3.99. The van der Waals surface area contributed by atoms with Crippen LogP contribution < -0.4 is 0 Å². The molecule has 0 aromatic carbocycles. The van der Waals surface area contributed by atoms with Crippen LogP contribution in [-0.2, 0) is 19.1 Å². The Bertz CT molecular complexity index is 362. The average molecular weight is 280 g/mol. The first-order valence-electron chi connectivity index (χ1n) is 8.00. The van der Waals surface area contributed by atoms with Crippen LogP contribution in [0.5, 0.6) is 0 Å². The molecule has 4 nitrogen and oxygen atoms in total. The quantitative estimate of drug-likeness (QED) is 0.727. The Hall–Kier alpha value is -1.06. The lowest BCUT2D eigenvalue weighted by Crippen LogP contribution is -2.50. The van der Waals surface area contributed by atoms with E-state index in [0.717, 1.165) is 11.8 Å². The van der Waals surface area contributed by atoms with E-state index in [2.05, 4.69) is 0 Å². The molecule has 4 bridgehead atoms. The molecule has 4 aliphatic carbocycles. The highest BCUT2D eigenvalue weighted by Crippen LogP contribution is 2.54. The summed E-state index contributed by atoms with van der Waals surface area (Å²) < 4.78 is 10.5. The predicted octanol–water partition coefficient (Wildman–Crippen LogP) is 2.70. The Balaban J connectivity index is 1.48. The van der Waals surface area contributed by atoms with Crippen molar-refractivity contribution >= 4 is 11.9 Å². The van der Waals surface area contributed by atoms with Crippen molar-refractivity contribution in [3.05, 3.63) is 0 Å². The van der Waals surface area contributed by atoms with Gasteiger partial charge >= 0.3 is 11.9 Å². The number of carbonyl (C=O) groups excluding carboxylic acids is 2. The first-order chi connectivity index (χ1) is 9.65. The second-order valence-corrected chi connectivity index (χ2v) is 6.69. The standard InChI is InChI=1S/C16H24O4/c1-2-19-14(17)3-4-15(18)20-16-12-6-10-5-11(8-12)9-13(16)7-10/h10-13,16H,2-9H2,1H3. The minimum Gasteiger partial charge on any atom is -0.466 e. The lowest BCUT2D eigenvalue weighted by molar-refractivity contribution is -0.172. The molecule has 0 aromatic rings. The van der Waals surface area contributed by atoms with E-state index in [1.165, 1.54) is 32.1 Å². The fraction of sp³-hybridized carbons (Fsp3) is 0.875. The summed E-state index contributed by atoms with van der Waals surface area (Å²) in [4.78, 5) is 23.2. The zero-order chi connectivity index (χ0) is 14.1. The molecule has 20 heavy (non-hydrogen) atoms. The Morgan fingerprint density at radius 2 is 1.45 bits per heavy atom. The van der Waals surface area contributed by atoms with E-state index in [1.54, 1.807) is 6.92 Å². The SMILES string of the molecule is CCOC(=O)CCC(=O)OC1C2CC3CC(C2)CC1C3. The molecule has 4 rings (SSSR count). The van der Waals surface area contributed by atoms with Crippen LogP contribution in [0, 0.1) is 23.7 Å². The summed E-state index contributed by atoms with van der Waals surface area (Å²) in [7, 11) is 0. The molecule has 0 aromatic heterocycles. The van der Waals surface area contributed by atoms with Crippen LogP contribution in [0.15, 0.2) is 0 Å². The lowest BCUT2D eigenvalue weighted by atomic mass is 9.55. The monoisotopic (exact) mass is 280 g/mol. The van der Waals surface area contributed by atoms with E-state index in [9.17, 15) is 9.59 Å². The van der Waals surface area contributed by atoms with Crippen molar-refractivity contribution in [2.45, 2.75) is 58.0 Å². The van der Waals surface area contributed by atoms with E-state index in [1.807, 2.05) is 0 Å². The van der Waals surface area contributed by atoms with Gasteiger partial charge in [-0.15, -0.1) is 0 Å². The number of ether oxygens (including phenoxy) is 2. The van der Waals surface area contributed by atoms with Crippen molar-refractivity contribution < 1.29 is 19.1 Å². The van der Waals surface area contributed by atoms with Crippen LogP contribution >= 0.6 is 0 Å². The molecule has 4 saturated carbocycles. The van der Waals surface area contributed by atoms with Gasteiger partial charge in [0.05, 0.1) is 19.4 Å². The van der Waals surface area contributed by atoms with Crippen molar-refractivity contribution in [1.82, 2.24) is 0 Å². The van der Waals surface area contributed by atoms with Gasteiger partial charge in [-0.1, -0.05) is 0 Å². The summed E-state index contributed by atoms with van der Waals surface area (Å²) in [6.45, 7) is 2.13. The highest BCUT2D eigenvalue weighted by Gasteiger charge is 2.49. The molecule has 112 valence electrons.